The minimum atomic E-state index is -0.291. The fourth-order valence-electron chi connectivity index (χ4n) is 1.80. The summed E-state index contributed by atoms with van der Waals surface area (Å²) in [5, 5.41) is 13.8. The van der Waals surface area contributed by atoms with E-state index in [2.05, 4.69) is 15.5 Å². The van der Waals surface area contributed by atoms with Crippen molar-refractivity contribution in [2.24, 2.45) is 0 Å². The molecule has 0 aliphatic heterocycles. The molecule has 0 atom stereocenters. The topological polar surface area (TPSA) is 37.8 Å². The third kappa shape index (κ3) is 3.29. The largest absolute Gasteiger partial charge is 0.308 e. The van der Waals surface area contributed by atoms with Gasteiger partial charge in [0.15, 0.2) is 0 Å². The fourth-order valence-corrected chi connectivity index (χ4v) is 2.84. The Hall–Kier alpha value is -1.04. The summed E-state index contributed by atoms with van der Waals surface area (Å²) in [7, 11) is 0. The number of hydrogen-bond acceptors (Lipinski definition) is 4. The van der Waals surface area contributed by atoms with Crippen LogP contribution in [0.2, 0.25) is 5.02 Å². The van der Waals surface area contributed by atoms with Gasteiger partial charge in [-0.3, -0.25) is 0 Å². The van der Waals surface area contributed by atoms with Crippen LogP contribution < -0.4 is 5.32 Å². The van der Waals surface area contributed by atoms with Crippen molar-refractivity contribution in [1.82, 2.24) is 15.5 Å². The molecule has 19 heavy (non-hydrogen) atoms. The van der Waals surface area contributed by atoms with Gasteiger partial charge in [0.2, 0.25) is 0 Å². The number of hydrogen-bond donors (Lipinski definition) is 1. The van der Waals surface area contributed by atoms with Crippen molar-refractivity contribution in [3.8, 4) is 0 Å². The summed E-state index contributed by atoms with van der Waals surface area (Å²) in [5.74, 6) is -0.291. The zero-order valence-corrected chi connectivity index (χ0v) is 11.8. The van der Waals surface area contributed by atoms with E-state index in [4.69, 9.17) is 11.6 Å². The summed E-state index contributed by atoms with van der Waals surface area (Å²) in [6, 6.07) is 5.36. The molecule has 1 aromatic heterocycles. The Kier molecular flexibility index (Phi) is 3.77. The quantitative estimate of drug-likeness (QED) is 0.921. The highest BCUT2D eigenvalue weighted by atomic mass is 35.5. The van der Waals surface area contributed by atoms with Crippen LogP contribution in [-0.4, -0.2) is 16.2 Å². The van der Waals surface area contributed by atoms with E-state index in [1.807, 2.05) is 0 Å². The van der Waals surface area contributed by atoms with Gasteiger partial charge in [-0.25, -0.2) is 4.39 Å². The summed E-state index contributed by atoms with van der Waals surface area (Å²) in [5.41, 5.74) is 0.488. The molecule has 1 fully saturated rings. The molecule has 0 bridgehead atoms. The summed E-state index contributed by atoms with van der Waals surface area (Å²) in [4.78, 5) is 0. The van der Waals surface area contributed by atoms with E-state index in [0.717, 1.165) is 16.6 Å². The van der Waals surface area contributed by atoms with Gasteiger partial charge >= 0.3 is 0 Å². The fraction of sp³-hybridized carbons (Fsp3) is 0.385. The first-order chi connectivity index (χ1) is 9.22. The Morgan fingerprint density at radius 2 is 2.11 bits per heavy atom. The minimum Gasteiger partial charge on any atom is -0.308 e. The van der Waals surface area contributed by atoms with Gasteiger partial charge in [0.1, 0.15) is 15.8 Å². The molecule has 1 aromatic carbocycles. The lowest BCUT2D eigenvalue weighted by atomic mass is 10.1. The van der Waals surface area contributed by atoms with Crippen molar-refractivity contribution in [2.45, 2.75) is 31.8 Å². The molecule has 2 aromatic rings. The second-order valence-electron chi connectivity index (χ2n) is 4.62. The number of halogens is 2. The molecule has 1 aliphatic carbocycles. The lowest BCUT2D eigenvalue weighted by Crippen LogP contribution is -2.14. The Morgan fingerprint density at radius 3 is 2.84 bits per heavy atom. The lowest BCUT2D eigenvalue weighted by molar-refractivity contribution is 0.613. The van der Waals surface area contributed by atoms with E-state index in [0.29, 0.717) is 23.0 Å². The van der Waals surface area contributed by atoms with Crippen molar-refractivity contribution < 1.29 is 4.39 Å². The Balaban J connectivity index is 1.68. The number of rotatable bonds is 5. The molecule has 1 N–H and O–H groups in total. The van der Waals surface area contributed by atoms with Crippen molar-refractivity contribution in [3.63, 3.8) is 0 Å². The Labute approximate surface area is 119 Å². The number of benzene rings is 1. The van der Waals surface area contributed by atoms with Crippen LogP contribution in [-0.2, 0) is 13.0 Å². The SMILES string of the molecule is Fc1cccc(Cl)c1Cc1nnc(CNC2CC2)s1. The molecule has 3 nitrogen and oxygen atoms in total. The predicted molar refractivity (Wildman–Crippen MR) is 74.0 cm³/mol. The molecule has 100 valence electrons. The maximum absolute atomic E-state index is 13.7. The van der Waals surface area contributed by atoms with Gasteiger partial charge in [0.25, 0.3) is 0 Å². The van der Waals surface area contributed by atoms with Crippen LogP contribution in [0.25, 0.3) is 0 Å². The molecule has 0 amide bonds. The van der Waals surface area contributed by atoms with Gasteiger partial charge in [0.05, 0.1) is 0 Å². The molecular weight excluding hydrogens is 285 g/mol. The van der Waals surface area contributed by atoms with Crippen LogP contribution in [0.1, 0.15) is 28.4 Å². The van der Waals surface area contributed by atoms with E-state index in [1.54, 1.807) is 12.1 Å². The molecule has 3 rings (SSSR count). The van der Waals surface area contributed by atoms with E-state index >= 15 is 0 Å². The van der Waals surface area contributed by atoms with Crippen molar-refractivity contribution in [3.05, 3.63) is 44.6 Å². The lowest BCUT2D eigenvalue weighted by Gasteiger charge is -2.02. The third-order valence-corrected chi connectivity index (χ3v) is 4.30. The van der Waals surface area contributed by atoms with E-state index in [1.165, 1.54) is 30.2 Å². The number of nitrogens with zero attached hydrogens (tertiary/aromatic N) is 2. The Morgan fingerprint density at radius 1 is 1.32 bits per heavy atom. The normalized spacial score (nSPS) is 14.8. The zero-order chi connectivity index (χ0) is 13.2. The molecule has 1 saturated carbocycles. The van der Waals surface area contributed by atoms with Gasteiger partial charge in [-0.2, -0.15) is 0 Å². The summed E-state index contributed by atoms with van der Waals surface area (Å²) < 4.78 is 13.7. The average Bonchev–Trinajstić information content (AvgIpc) is 3.11. The number of aromatic nitrogens is 2. The molecule has 0 unspecified atom stereocenters. The van der Waals surface area contributed by atoms with Crippen molar-refractivity contribution in [2.75, 3.05) is 0 Å². The maximum atomic E-state index is 13.7. The van der Waals surface area contributed by atoms with Crippen LogP contribution in [0.4, 0.5) is 4.39 Å². The average molecular weight is 298 g/mol. The monoisotopic (exact) mass is 297 g/mol. The highest BCUT2D eigenvalue weighted by Crippen LogP contribution is 2.24. The summed E-state index contributed by atoms with van der Waals surface area (Å²) in [6.07, 6.45) is 2.89. The minimum absolute atomic E-state index is 0.291. The molecule has 1 aliphatic rings. The highest BCUT2D eigenvalue weighted by Gasteiger charge is 2.20. The molecule has 0 radical (unpaired) electrons. The van der Waals surface area contributed by atoms with Crippen LogP contribution in [0.15, 0.2) is 18.2 Å². The van der Waals surface area contributed by atoms with E-state index in [9.17, 15) is 4.39 Å². The smallest absolute Gasteiger partial charge is 0.131 e. The Bertz CT molecular complexity index is 563. The van der Waals surface area contributed by atoms with Gasteiger partial charge in [-0.1, -0.05) is 29.0 Å². The van der Waals surface area contributed by atoms with Gasteiger partial charge in [0, 0.05) is 29.6 Å². The number of nitrogens with one attached hydrogen (secondary N) is 1. The highest BCUT2D eigenvalue weighted by molar-refractivity contribution is 7.11. The van der Waals surface area contributed by atoms with Gasteiger partial charge < -0.3 is 5.32 Å². The van der Waals surface area contributed by atoms with E-state index in [-0.39, 0.29) is 5.82 Å². The predicted octanol–water partition coefficient (Wildman–Crippen LogP) is 3.17. The zero-order valence-electron chi connectivity index (χ0n) is 10.2. The molecule has 0 saturated heterocycles. The maximum Gasteiger partial charge on any atom is 0.131 e. The van der Waals surface area contributed by atoms with Crippen molar-refractivity contribution >= 4 is 22.9 Å². The standard InChI is InChI=1S/C13H13ClFN3S/c14-10-2-1-3-11(15)9(10)6-12-17-18-13(19-12)7-16-8-4-5-8/h1-3,8,16H,4-7H2. The molecule has 1 heterocycles. The molecule has 6 heteroatoms. The van der Waals surface area contributed by atoms with Crippen LogP contribution in [0.5, 0.6) is 0 Å². The first-order valence-electron chi connectivity index (χ1n) is 6.20. The first kappa shape index (κ1) is 13.0. The third-order valence-electron chi connectivity index (χ3n) is 3.02. The summed E-state index contributed by atoms with van der Waals surface area (Å²) >= 11 is 7.51. The van der Waals surface area contributed by atoms with Gasteiger partial charge in [-0.05, 0) is 25.0 Å². The van der Waals surface area contributed by atoms with Crippen LogP contribution >= 0.6 is 22.9 Å². The van der Waals surface area contributed by atoms with E-state index < -0.39 is 0 Å². The second-order valence-corrected chi connectivity index (χ2v) is 6.18. The van der Waals surface area contributed by atoms with Crippen molar-refractivity contribution in [1.29, 1.82) is 0 Å². The second kappa shape index (κ2) is 5.53. The van der Waals surface area contributed by atoms with Crippen LogP contribution in [0, 0.1) is 5.82 Å². The summed E-state index contributed by atoms with van der Waals surface area (Å²) in [6.45, 7) is 0.743. The molecule has 0 spiro atoms. The van der Waals surface area contributed by atoms with Gasteiger partial charge in [-0.15, -0.1) is 10.2 Å². The van der Waals surface area contributed by atoms with Crippen LogP contribution in [0.3, 0.4) is 0 Å². The molecular formula is C13H13ClFN3S. The first-order valence-corrected chi connectivity index (χ1v) is 7.39.